The minimum atomic E-state index is -0.227. The van der Waals surface area contributed by atoms with Crippen LogP contribution in [0.5, 0.6) is 0 Å². The van der Waals surface area contributed by atoms with Gasteiger partial charge in [0.2, 0.25) is 5.91 Å². The number of nitrogens with one attached hydrogen (secondary N) is 2. The molecule has 29 heavy (non-hydrogen) atoms. The number of rotatable bonds is 5. The molecule has 4 N–H and O–H groups in total. The molecule has 4 rings (SSSR count). The third-order valence-corrected chi connectivity index (χ3v) is 5.88. The summed E-state index contributed by atoms with van der Waals surface area (Å²) in [4.78, 5) is 26.4. The molecule has 2 aliphatic rings. The van der Waals surface area contributed by atoms with Gasteiger partial charge in [-0.25, -0.2) is 0 Å². The van der Waals surface area contributed by atoms with Gasteiger partial charge in [-0.3, -0.25) is 14.3 Å². The van der Waals surface area contributed by atoms with Gasteiger partial charge in [0.05, 0.1) is 17.4 Å². The van der Waals surface area contributed by atoms with Crippen molar-refractivity contribution in [1.82, 2.24) is 15.1 Å². The molecular formula is C21H28N6O2. The molecule has 0 saturated carbocycles. The summed E-state index contributed by atoms with van der Waals surface area (Å²) in [6, 6.07) is 9.81. The summed E-state index contributed by atoms with van der Waals surface area (Å²) in [5, 5.41) is 10.9. The Kier molecular flexibility index (Phi) is 5.80. The number of benzene rings is 1. The Balaban J connectivity index is 1.44. The summed E-state index contributed by atoms with van der Waals surface area (Å²) in [5.41, 5.74) is 7.57. The fourth-order valence-corrected chi connectivity index (χ4v) is 4.17. The Morgan fingerprint density at radius 1 is 1.14 bits per heavy atom. The number of piperidine rings is 2. The second-order valence-electron chi connectivity index (χ2n) is 7.82. The fourth-order valence-electron chi connectivity index (χ4n) is 4.17. The summed E-state index contributed by atoms with van der Waals surface area (Å²) in [6.45, 7) is 3.40. The van der Waals surface area contributed by atoms with E-state index in [1.165, 1.54) is 0 Å². The average Bonchev–Trinajstić information content (AvgIpc) is 3.25. The maximum Gasteiger partial charge on any atom is 0.276 e. The summed E-state index contributed by atoms with van der Waals surface area (Å²) in [7, 11) is 0. The molecule has 2 amide bonds. The number of aromatic nitrogens is 2. The molecular weight excluding hydrogens is 368 g/mol. The van der Waals surface area contributed by atoms with Crippen LogP contribution in [0.4, 0.5) is 11.4 Å². The van der Waals surface area contributed by atoms with Crippen molar-refractivity contribution in [2.45, 2.75) is 31.7 Å². The van der Waals surface area contributed by atoms with Crippen molar-refractivity contribution in [2.75, 3.05) is 36.4 Å². The first-order chi connectivity index (χ1) is 14.1. The first-order valence-electron chi connectivity index (χ1n) is 10.3. The number of para-hydroxylation sites is 2. The first-order valence-corrected chi connectivity index (χ1v) is 10.3. The van der Waals surface area contributed by atoms with E-state index in [0.717, 1.165) is 63.2 Å². The zero-order valence-corrected chi connectivity index (χ0v) is 16.5. The van der Waals surface area contributed by atoms with Crippen LogP contribution in [0.3, 0.4) is 0 Å². The van der Waals surface area contributed by atoms with E-state index in [4.69, 9.17) is 5.73 Å². The molecule has 2 aromatic rings. The van der Waals surface area contributed by atoms with Crippen LogP contribution < -0.4 is 21.3 Å². The molecule has 8 heteroatoms. The molecule has 1 aromatic carbocycles. The Bertz CT molecular complexity index is 866. The summed E-state index contributed by atoms with van der Waals surface area (Å²) >= 11 is 0. The zero-order valence-electron chi connectivity index (χ0n) is 16.5. The third-order valence-electron chi connectivity index (χ3n) is 5.88. The predicted octanol–water partition coefficient (Wildman–Crippen LogP) is 1.76. The SMILES string of the molecule is NC(=O)C1CCN(c2ccccc2NC(=O)c2ccn(C3CCCNC3)n2)CC1. The van der Waals surface area contributed by atoms with Crippen molar-refractivity contribution in [3.05, 3.63) is 42.2 Å². The lowest BCUT2D eigenvalue weighted by molar-refractivity contribution is -0.122. The molecule has 154 valence electrons. The quantitative estimate of drug-likeness (QED) is 0.714. The number of carbonyl (C=O) groups is 2. The number of amides is 2. The fraction of sp³-hybridized carbons (Fsp3) is 0.476. The molecule has 2 fully saturated rings. The van der Waals surface area contributed by atoms with E-state index in [1.807, 2.05) is 35.1 Å². The van der Waals surface area contributed by atoms with Crippen LogP contribution in [0.25, 0.3) is 0 Å². The highest BCUT2D eigenvalue weighted by Crippen LogP contribution is 2.30. The van der Waals surface area contributed by atoms with Crippen LogP contribution in [0.15, 0.2) is 36.5 Å². The molecule has 1 unspecified atom stereocenters. The molecule has 0 spiro atoms. The smallest absolute Gasteiger partial charge is 0.276 e. The van der Waals surface area contributed by atoms with Gasteiger partial charge in [-0.1, -0.05) is 12.1 Å². The van der Waals surface area contributed by atoms with Crippen molar-refractivity contribution >= 4 is 23.2 Å². The van der Waals surface area contributed by atoms with Gasteiger partial charge >= 0.3 is 0 Å². The molecule has 3 heterocycles. The van der Waals surface area contributed by atoms with Gasteiger partial charge in [0.15, 0.2) is 5.69 Å². The second kappa shape index (κ2) is 8.65. The summed E-state index contributed by atoms with van der Waals surface area (Å²) in [6.07, 6.45) is 5.54. The number of nitrogens with zero attached hydrogens (tertiary/aromatic N) is 3. The van der Waals surface area contributed by atoms with E-state index >= 15 is 0 Å². The van der Waals surface area contributed by atoms with Gasteiger partial charge in [0, 0.05) is 31.7 Å². The van der Waals surface area contributed by atoms with E-state index in [9.17, 15) is 9.59 Å². The van der Waals surface area contributed by atoms with Gasteiger partial charge in [-0.15, -0.1) is 0 Å². The van der Waals surface area contributed by atoms with Gasteiger partial charge in [-0.05, 0) is 50.4 Å². The van der Waals surface area contributed by atoms with Crippen LogP contribution in [0.1, 0.15) is 42.2 Å². The predicted molar refractivity (Wildman–Crippen MR) is 112 cm³/mol. The van der Waals surface area contributed by atoms with E-state index in [-0.39, 0.29) is 17.7 Å². The summed E-state index contributed by atoms with van der Waals surface area (Å²) < 4.78 is 1.89. The highest BCUT2D eigenvalue weighted by molar-refractivity contribution is 6.04. The van der Waals surface area contributed by atoms with Gasteiger partial charge in [0.1, 0.15) is 0 Å². The average molecular weight is 396 g/mol. The number of nitrogens with two attached hydrogens (primary N) is 1. The normalized spacial score (nSPS) is 20.4. The number of hydrogen-bond donors (Lipinski definition) is 3. The van der Waals surface area contributed by atoms with E-state index in [0.29, 0.717) is 11.7 Å². The van der Waals surface area contributed by atoms with Crippen LogP contribution in [-0.4, -0.2) is 47.8 Å². The second-order valence-corrected chi connectivity index (χ2v) is 7.82. The molecule has 0 radical (unpaired) electrons. The molecule has 2 aliphatic heterocycles. The van der Waals surface area contributed by atoms with Gasteiger partial charge in [0.25, 0.3) is 5.91 Å². The number of primary amides is 1. The topological polar surface area (TPSA) is 105 Å². The Hall–Kier alpha value is -2.87. The first kappa shape index (κ1) is 19.4. The lowest BCUT2D eigenvalue weighted by Crippen LogP contribution is -2.38. The molecule has 0 aliphatic carbocycles. The standard InChI is InChI=1S/C21H28N6O2/c22-20(28)15-7-11-26(12-8-15)19-6-2-1-5-17(19)24-21(29)18-9-13-27(25-18)16-4-3-10-23-14-16/h1-2,5-6,9,13,15-16,23H,3-4,7-8,10-12,14H2,(H2,22,28)(H,24,29). The molecule has 1 aromatic heterocycles. The van der Waals surface area contributed by atoms with E-state index in [2.05, 4.69) is 20.6 Å². The molecule has 2 saturated heterocycles. The highest BCUT2D eigenvalue weighted by atomic mass is 16.2. The largest absolute Gasteiger partial charge is 0.370 e. The number of hydrogen-bond acceptors (Lipinski definition) is 5. The zero-order chi connectivity index (χ0) is 20.2. The minimum absolute atomic E-state index is 0.0637. The Morgan fingerprint density at radius 2 is 1.93 bits per heavy atom. The maximum atomic E-state index is 12.8. The molecule has 8 nitrogen and oxygen atoms in total. The highest BCUT2D eigenvalue weighted by Gasteiger charge is 2.25. The summed E-state index contributed by atoms with van der Waals surface area (Å²) in [5.74, 6) is -0.506. The van der Waals surface area contributed by atoms with Crippen LogP contribution in [-0.2, 0) is 4.79 Å². The van der Waals surface area contributed by atoms with Crippen LogP contribution >= 0.6 is 0 Å². The lowest BCUT2D eigenvalue weighted by atomic mass is 9.96. The van der Waals surface area contributed by atoms with Crippen molar-refractivity contribution in [3.63, 3.8) is 0 Å². The molecule has 1 atom stereocenters. The lowest BCUT2D eigenvalue weighted by Gasteiger charge is -2.33. The van der Waals surface area contributed by atoms with Crippen molar-refractivity contribution < 1.29 is 9.59 Å². The van der Waals surface area contributed by atoms with E-state index in [1.54, 1.807) is 6.07 Å². The monoisotopic (exact) mass is 396 g/mol. The Labute approximate surface area is 170 Å². The number of carbonyl (C=O) groups excluding carboxylic acids is 2. The van der Waals surface area contributed by atoms with Gasteiger partial charge < -0.3 is 21.3 Å². The van der Waals surface area contributed by atoms with Crippen LogP contribution in [0, 0.1) is 5.92 Å². The van der Waals surface area contributed by atoms with Crippen molar-refractivity contribution in [3.8, 4) is 0 Å². The minimum Gasteiger partial charge on any atom is -0.370 e. The number of anilines is 2. The van der Waals surface area contributed by atoms with E-state index < -0.39 is 0 Å². The third kappa shape index (κ3) is 4.42. The van der Waals surface area contributed by atoms with Crippen LogP contribution in [0.2, 0.25) is 0 Å². The van der Waals surface area contributed by atoms with Gasteiger partial charge in [-0.2, -0.15) is 5.10 Å². The van der Waals surface area contributed by atoms with Crippen molar-refractivity contribution in [2.24, 2.45) is 11.7 Å². The van der Waals surface area contributed by atoms with Crippen molar-refractivity contribution in [1.29, 1.82) is 0 Å². The molecule has 0 bridgehead atoms. The maximum absolute atomic E-state index is 12.8. The Morgan fingerprint density at radius 3 is 2.66 bits per heavy atom.